The molecule has 1 N–H and O–H groups in total. The van der Waals surface area contributed by atoms with Gasteiger partial charge in [-0.15, -0.1) is 11.3 Å². The van der Waals surface area contributed by atoms with E-state index in [0.29, 0.717) is 15.7 Å². The molecule has 0 bridgehead atoms. The summed E-state index contributed by atoms with van der Waals surface area (Å²) in [7, 11) is 0. The first kappa shape index (κ1) is 18.4. The van der Waals surface area contributed by atoms with E-state index in [1.54, 1.807) is 23.6 Å². The van der Waals surface area contributed by atoms with E-state index < -0.39 is 18.3 Å². The molecule has 1 aromatic heterocycles. The van der Waals surface area contributed by atoms with Crippen LogP contribution >= 0.6 is 27.3 Å². The van der Waals surface area contributed by atoms with E-state index in [4.69, 9.17) is 0 Å². The molecule has 0 fully saturated rings. The van der Waals surface area contributed by atoms with Gasteiger partial charge in [-0.05, 0) is 46.3 Å². The van der Waals surface area contributed by atoms with Crippen molar-refractivity contribution in [2.24, 2.45) is 0 Å². The van der Waals surface area contributed by atoms with E-state index in [1.807, 2.05) is 0 Å². The molecular formula is C17H10BrF3N2O2S. The van der Waals surface area contributed by atoms with Crippen molar-refractivity contribution in [1.82, 2.24) is 4.98 Å². The third-order valence-electron chi connectivity index (χ3n) is 3.28. The Kier molecular flexibility index (Phi) is 5.58. The molecule has 0 unspecified atom stereocenters. The number of alkyl halides is 2. The molecule has 134 valence electrons. The van der Waals surface area contributed by atoms with Crippen LogP contribution < -0.4 is 10.1 Å². The Hall–Kier alpha value is -2.39. The van der Waals surface area contributed by atoms with Crippen molar-refractivity contribution in [3.8, 4) is 17.0 Å². The molecule has 26 heavy (non-hydrogen) atoms. The van der Waals surface area contributed by atoms with Gasteiger partial charge in [-0.1, -0.05) is 12.1 Å². The van der Waals surface area contributed by atoms with Crippen LogP contribution in [0.1, 0.15) is 10.4 Å². The summed E-state index contributed by atoms with van der Waals surface area (Å²) in [5, 5.41) is 4.48. The monoisotopic (exact) mass is 442 g/mol. The highest BCUT2D eigenvalue weighted by atomic mass is 79.9. The first-order valence-corrected chi connectivity index (χ1v) is 8.87. The zero-order valence-electron chi connectivity index (χ0n) is 12.9. The summed E-state index contributed by atoms with van der Waals surface area (Å²) in [4.78, 5) is 16.5. The normalized spacial score (nSPS) is 10.8. The lowest BCUT2D eigenvalue weighted by Crippen LogP contribution is -2.12. The van der Waals surface area contributed by atoms with Crippen molar-refractivity contribution >= 4 is 38.3 Å². The smallest absolute Gasteiger partial charge is 0.387 e. The third-order valence-corrected chi connectivity index (χ3v) is 4.69. The standard InChI is InChI=1S/C17H10BrF3N2O2S/c18-12-7-9(19)5-6-10(12)15(24)23-17-22-13(8-26-17)11-3-1-2-4-14(11)25-16(20)21/h1-8,16H,(H,22,23,24). The highest BCUT2D eigenvalue weighted by Crippen LogP contribution is 2.33. The summed E-state index contributed by atoms with van der Waals surface area (Å²) >= 11 is 4.26. The number of aromatic nitrogens is 1. The lowest BCUT2D eigenvalue weighted by Gasteiger charge is -2.08. The molecule has 0 saturated heterocycles. The second kappa shape index (κ2) is 7.88. The Morgan fingerprint density at radius 2 is 2.00 bits per heavy atom. The zero-order chi connectivity index (χ0) is 18.7. The minimum absolute atomic E-state index is 0.00745. The zero-order valence-corrected chi connectivity index (χ0v) is 15.3. The molecule has 4 nitrogen and oxygen atoms in total. The highest BCUT2D eigenvalue weighted by Gasteiger charge is 2.16. The summed E-state index contributed by atoms with van der Waals surface area (Å²) in [6.45, 7) is -2.95. The van der Waals surface area contributed by atoms with Gasteiger partial charge in [-0.2, -0.15) is 8.78 Å². The number of benzene rings is 2. The van der Waals surface area contributed by atoms with E-state index in [1.165, 1.54) is 24.3 Å². The predicted octanol–water partition coefficient (Wildman–Crippen LogP) is 5.57. The van der Waals surface area contributed by atoms with Gasteiger partial charge in [0.15, 0.2) is 5.13 Å². The number of nitrogens with zero attached hydrogens (tertiary/aromatic N) is 1. The van der Waals surface area contributed by atoms with Gasteiger partial charge in [0.2, 0.25) is 0 Å². The van der Waals surface area contributed by atoms with E-state index in [-0.39, 0.29) is 16.4 Å². The lowest BCUT2D eigenvalue weighted by molar-refractivity contribution is -0.0494. The lowest BCUT2D eigenvalue weighted by atomic mass is 10.1. The molecule has 0 spiro atoms. The number of thiazole rings is 1. The van der Waals surface area contributed by atoms with Crippen LogP contribution in [0.2, 0.25) is 0 Å². The molecule has 1 heterocycles. The first-order chi connectivity index (χ1) is 12.4. The van der Waals surface area contributed by atoms with Crippen molar-refractivity contribution in [1.29, 1.82) is 0 Å². The van der Waals surface area contributed by atoms with Gasteiger partial charge in [-0.25, -0.2) is 9.37 Å². The Morgan fingerprint density at radius 1 is 1.23 bits per heavy atom. The summed E-state index contributed by atoms with van der Waals surface area (Å²) in [6, 6.07) is 9.94. The minimum atomic E-state index is -2.95. The van der Waals surface area contributed by atoms with Crippen LogP contribution in [0.5, 0.6) is 5.75 Å². The molecule has 0 saturated carbocycles. The molecule has 1 amide bonds. The third kappa shape index (κ3) is 4.23. The van der Waals surface area contributed by atoms with Gasteiger partial charge >= 0.3 is 6.61 Å². The largest absolute Gasteiger partial charge is 0.434 e. The van der Waals surface area contributed by atoms with E-state index in [9.17, 15) is 18.0 Å². The number of nitrogens with one attached hydrogen (secondary N) is 1. The number of anilines is 1. The maximum Gasteiger partial charge on any atom is 0.387 e. The quantitative estimate of drug-likeness (QED) is 0.562. The molecule has 9 heteroatoms. The van der Waals surface area contributed by atoms with Crippen LogP contribution in [0.4, 0.5) is 18.3 Å². The molecular weight excluding hydrogens is 433 g/mol. The summed E-state index contributed by atoms with van der Waals surface area (Å²) in [6.07, 6.45) is 0. The number of ether oxygens (including phenoxy) is 1. The Labute approximate surface area is 158 Å². The average Bonchev–Trinajstić information content (AvgIpc) is 3.03. The number of carbonyl (C=O) groups is 1. The fourth-order valence-corrected chi connectivity index (χ4v) is 3.41. The van der Waals surface area contributed by atoms with E-state index in [0.717, 1.165) is 11.3 Å². The van der Waals surface area contributed by atoms with Crippen LogP contribution in [0.25, 0.3) is 11.3 Å². The number of carbonyl (C=O) groups excluding carboxylic acids is 1. The van der Waals surface area contributed by atoms with Crippen LogP contribution in [0.3, 0.4) is 0 Å². The van der Waals surface area contributed by atoms with Crippen molar-refractivity contribution < 1.29 is 22.7 Å². The summed E-state index contributed by atoms with van der Waals surface area (Å²) in [5.74, 6) is -0.956. The first-order valence-electron chi connectivity index (χ1n) is 7.20. The number of amides is 1. The maximum atomic E-state index is 13.1. The summed E-state index contributed by atoms with van der Waals surface area (Å²) < 4.78 is 43.0. The van der Waals surface area contributed by atoms with Gasteiger partial charge in [0.05, 0.1) is 11.3 Å². The van der Waals surface area contributed by atoms with Crippen molar-refractivity contribution in [3.63, 3.8) is 0 Å². The second-order valence-corrected chi connectivity index (χ2v) is 6.70. The van der Waals surface area contributed by atoms with Gasteiger partial charge < -0.3 is 4.74 Å². The molecule has 3 aromatic rings. The van der Waals surface area contributed by atoms with Gasteiger partial charge in [0.1, 0.15) is 11.6 Å². The number of hydrogen-bond acceptors (Lipinski definition) is 4. The number of halogens is 4. The molecule has 0 aliphatic carbocycles. The predicted molar refractivity (Wildman–Crippen MR) is 96.2 cm³/mol. The maximum absolute atomic E-state index is 13.1. The van der Waals surface area contributed by atoms with Crippen molar-refractivity contribution in [2.75, 3.05) is 5.32 Å². The molecule has 3 rings (SSSR count). The van der Waals surface area contributed by atoms with Gasteiger partial charge in [0.25, 0.3) is 5.91 Å². The SMILES string of the molecule is O=C(Nc1nc(-c2ccccc2OC(F)F)cs1)c1ccc(F)cc1Br. The highest BCUT2D eigenvalue weighted by molar-refractivity contribution is 9.10. The molecule has 0 atom stereocenters. The molecule has 2 aromatic carbocycles. The number of rotatable bonds is 5. The average molecular weight is 443 g/mol. The van der Waals surface area contributed by atoms with Gasteiger partial charge in [-0.3, -0.25) is 10.1 Å². The van der Waals surface area contributed by atoms with Crippen LogP contribution in [0, 0.1) is 5.82 Å². The van der Waals surface area contributed by atoms with E-state index >= 15 is 0 Å². The van der Waals surface area contributed by atoms with Crippen molar-refractivity contribution in [3.05, 3.63) is 63.7 Å². The Morgan fingerprint density at radius 3 is 2.73 bits per heavy atom. The van der Waals surface area contributed by atoms with Crippen LogP contribution in [-0.4, -0.2) is 17.5 Å². The van der Waals surface area contributed by atoms with Crippen LogP contribution in [0.15, 0.2) is 52.3 Å². The Balaban J connectivity index is 1.81. The van der Waals surface area contributed by atoms with E-state index in [2.05, 4.69) is 31.0 Å². The minimum Gasteiger partial charge on any atom is -0.434 e. The fraction of sp³-hybridized carbons (Fsp3) is 0.0588. The number of para-hydroxylation sites is 1. The molecule has 0 radical (unpaired) electrons. The fourth-order valence-electron chi connectivity index (χ4n) is 2.17. The van der Waals surface area contributed by atoms with Gasteiger partial charge in [0, 0.05) is 15.4 Å². The second-order valence-electron chi connectivity index (χ2n) is 4.99. The summed E-state index contributed by atoms with van der Waals surface area (Å²) in [5.41, 5.74) is 1.01. The Bertz CT molecular complexity index is 949. The number of hydrogen-bond donors (Lipinski definition) is 1. The molecule has 0 aliphatic rings. The van der Waals surface area contributed by atoms with Crippen molar-refractivity contribution in [2.45, 2.75) is 6.61 Å². The van der Waals surface area contributed by atoms with Crippen LogP contribution in [-0.2, 0) is 0 Å². The molecule has 0 aliphatic heterocycles. The topological polar surface area (TPSA) is 51.2 Å².